The van der Waals surface area contributed by atoms with Crippen LogP contribution in [-0.4, -0.2) is 25.5 Å². The Morgan fingerprint density at radius 3 is 2.76 bits per heavy atom. The third kappa shape index (κ3) is 4.29. The van der Waals surface area contributed by atoms with Gasteiger partial charge < -0.3 is 14.8 Å². The molecule has 2 aliphatic rings. The van der Waals surface area contributed by atoms with Crippen molar-refractivity contribution in [2.24, 2.45) is 5.92 Å². The van der Waals surface area contributed by atoms with Crippen molar-refractivity contribution < 1.29 is 9.47 Å². The average Bonchev–Trinajstić information content (AvgIpc) is 2.96. The van der Waals surface area contributed by atoms with Crippen molar-refractivity contribution in [1.29, 1.82) is 0 Å². The maximum absolute atomic E-state index is 5.86. The molecular formula is C18H27NO2. The van der Waals surface area contributed by atoms with Gasteiger partial charge in [-0.3, -0.25) is 0 Å². The van der Waals surface area contributed by atoms with Crippen molar-refractivity contribution >= 4 is 0 Å². The highest BCUT2D eigenvalue weighted by molar-refractivity contribution is 5.14. The van der Waals surface area contributed by atoms with Crippen LogP contribution >= 0.6 is 0 Å². The standard InChI is InChI=1S/C18H27NO2/c1-2-6-17(7-3-1)15-19-11-5-9-16-8-4-10-18(14-16)20-12-13-21-18/h1-3,6-7,16,19H,4-5,8-15H2/t16-/m1/s1. The van der Waals surface area contributed by atoms with Crippen LogP contribution in [0, 0.1) is 5.92 Å². The van der Waals surface area contributed by atoms with Crippen molar-refractivity contribution in [3.63, 3.8) is 0 Å². The molecule has 0 aromatic heterocycles. The Hall–Kier alpha value is -0.900. The van der Waals surface area contributed by atoms with Gasteiger partial charge in [-0.2, -0.15) is 0 Å². The largest absolute Gasteiger partial charge is 0.348 e. The monoisotopic (exact) mass is 289 g/mol. The van der Waals surface area contributed by atoms with Gasteiger partial charge in [0.25, 0.3) is 0 Å². The lowest BCUT2D eigenvalue weighted by Crippen LogP contribution is -2.36. The topological polar surface area (TPSA) is 30.5 Å². The van der Waals surface area contributed by atoms with E-state index in [2.05, 4.69) is 35.6 Å². The van der Waals surface area contributed by atoms with Gasteiger partial charge in [0.2, 0.25) is 0 Å². The van der Waals surface area contributed by atoms with Crippen LogP contribution in [0.1, 0.15) is 44.1 Å². The number of rotatable bonds is 6. The van der Waals surface area contributed by atoms with Gasteiger partial charge >= 0.3 is 0 Å². The maximum atomic E-state index is 5.86. The number of hydrogen-bond acceptors (Lipinski definition) is 3. The Bertz CT molecular complexity index is 414. The van der Waals surface area contributed by atoms with E-state index >= 15 is 0 Å². The zero-order valence-electron chi connectivity index (χ0n) is 12.9. The van der Waals surface area contributed by atoms with Crippen LogP contribution < -0.4 is 5.32 Å². The molecule has 1 heterocycles. The molecule has 116 valence electrons. The molecule has 21 heavy (non-hydrogen) atoms. The minimum Gasteiger partial charge on any atom is -0.348 e. The van der Waals surface area contributed by atoms with E-state index in [0.717, 1.165) is 45.1 Å². The number of hydrogen-bond donors (Lipinski definition) is 1. The molecule has 0 unspecified atom stereocenters. The summed E-state index contributed by atoms with van der Waals surface area (Å²) in [6, 6.07) is 10.6. The highest BCUT2D eigenvalue weighted by atomic mass is 16.7. The van der Waals surface area contributed by atoms with E-state index in [4.69, 9.17) is 9.47 Å². The van der Waals surface area contributed by atoms with E-state index in [1.54, 1.807) is 0 Å². The fourth-order valence-electron chi connectivity index (χ4n) is 3.65. The predicted octanol–water partition coefficient (Wildman–Crippen LogP) is 3.49. The zero-order chi connectivity index (χ0) is 14.4. The third-order valence-electron chi connectivity index (χ3n) is 4.72. The Kier molecular flexibility index (Phi) is 5.28. The van der Waals surface area contributed by atoms with Gasteiger partial charge in [-0.1, -0.05) is 36.8 Å². The van der Waals surface area contributed by atoms with Crippen LogP contribution in [0.3, 0.4) is 0 Å². The SMILES string of the molecule is c1ccc(CNCCC[C@H]2CCCC3(C2)OCCO3)cc1. The second-order valence-corrected chi connectivity index (χ2v) is 6.37. The first-order chi connectivity index (χ1) is 10.4. The van der Waals surface area contributed by atoms with Crippen LogP contribution in [0.15, 0.2) is 30.3 Å². The van der Waals surface area contributed by atoms with Crippen molar-refractivity contribution in [2.45, 2.75) is 50.9 Å². The summed E-state index contributed by atoms with van der Waals surface area (Å²) >= 11 is 0. The van der Waals surface area contributed by atoms with Gasteiger partial charge in [0.15, 0.2) is 5.79 Å². The summed E-state index contributed by atoms with van der Waals surface area (Å²) in [4.78, 5) is 0. The summed E-state index contributed by atoms with van der Waals surface area (Å²) in [7, 11) is 0. The first kappa shape index (κ1) is 15.0. The van der Waals surface area contributed by atoms with E-state index in [0.29, 0.717) is 0 Å². The molecular weight excluding hydrogens is 262 g/mol. The van der Waals surface area contributed by atoms with Crippen molar-refractivity contribution in [3.8, 4) is 0 Å². The van der Waals surface area contributed by atoms with Crippen LogP contribution in [0.5, 0.6) is 0 Å². The Balaban J connectivity index is 1.32. The second kappa shape index (κ2) is 7.39. The number of benzene rings is 1. The predicted molar refractivity (Wildman–Crippen MR) is 84.0 cm³/mol. The average molecular weight is 289 g/mol. The maximum Gasteiger partial charge on any atom is 0.168 e. The molecule has 1 aromatic carbocycles. The first-order valence-electron chi connectivity index (χ1n) is 8.39. The van der Waals surface area contributed by atoms with Gasteiger partial charge in [0.05, 0.1) is 13.2 Å². The van der Waals surface area contributed by atoms with E-state index < -0.39 is 0 Å². The molecule has 1 spiro atoms. The van der Waals surface area contributed by atoms with Crippen LogP contribution in [0.2, 0.25) is 0 Å². The second-order valence-electron chi connectivity index (χ2n) is 6.37. The van der Waals surface area contributed by atoms with Gasteiger partial charge in [-0.15, -0.1) is 0 Å². The van der Waals surface area contributed by atoms with E-state index in [-0.39, 0.29) is 5.79 Å². The molecule has 2 fully saturated rings. The van der Waals surface area contributed by atoms with E-state index in [1.165, 1.54) is 31.2 Å². The summed E-state index contributed by atoms with van der Waals surface area (Å²) < 4.78 is 11.7. The summed E-state index contributed by atoms with van der Waals surface area (Å²) in [6.07, 6.45) is 7.32. The van der Waals surface area contributed by atoms with Gasteiger partial charge in [0, 0.05) is 19.4 Å². The highest BCUT2D eigenvalue weighted by Crippen LogP contribution is 2.40. The Morgan fingerprint density at radius 2 is 1.95 bits per heavy atom. The van der Waals surface area contributed by atoms with Gasteiger partial charge in [-0.05, 0) is 37.3 Å². The molecule has 0 radical (unpaired) electrons. The van der Waals surface area contributed by atoms with E-state index in [9.17, 15) is 0 Å². The molecule has 1 atom stereocenters. The van der Waals surface area contributed by atoms with Gasteiger partial charge in [-0.25, -0.2) is 0 Å². The number of nitrogens with one attached hydrogen (secondary N) is 1. The summed E-state index contributed by atoms with van der Waals surface area (Å²) in [6.45, 7) is 3.64. The summed E-state index contributed by atoms with van der Waals surface area (Å²) in [5, 5.41) is 3.54. The molecule has 0 amide bonds. The third-order valence-corrected chi connectivity index (χ3v) is 4.72. The lowest BCUT2D eigenvalue weighted by atomic mass is 9.82. The molecule has 0 bridgehead atoms. The minimum absolute atomic E-state index is 0.208. The molecule has 3 heteroatoms. The zero-order valence-corrected chi connectivity index (χ0v) is 12.9. The van der Waals surface area contributed by atoms with Crippen molar-refractivity contribution in [3.05, 3.63) is 35.9 Å². The fraction of sp³-hybridized carbons (Fsp3) is 0.667. The smallest absolute Gasteiger partial charge is 0.168 e. The van der Waals surface area contributed by atoms with E-state index in [1.807, 2.05) is 0 Å². The lowest BCUT2D eigenvalue weighted by Gasteiger charge is -2.36. The molecule has 1 aliphatic carbocycles. The van der Waals surface area contributed by atoms with Crippen molar-refractivity contribution in [2.75, 3.05) is 19.8 Å². The fourth-order valence-corrected chi connectivity index (χ4v) is 3.65. The first-order valence-corrected chi connectivity index (χ1v) is 8.39. The molecule has 1 aromatic rings. The molecule has 1 saturated carbocycles. The highest BCUT2D eigenvalue weighted by Gasteiger charge is 2.40. The van der Waals surface area contributed by atoms with Crippen molar-refractivity contribution in [1.82, 2.24) is 5.32 Å². The Labute approximate surface area is 128 Å². The molecule has 3 rings (SSSR count). The van der Waals surface area contributed by atoms with Crippen LogP contribution in [0.4, 0.5) is 0 Å². The Morgan fingerprint density at radius 1 is 1.14 bits per heavy atom. The summed E-state index contributed by atoms with van der Waals surface area (Å²) in [5.41, 5.74) is 1.36. The molecule has 1 N–H and O–H groups in total. The molecule has 1 saturated heterocycles. The van der Waals surface area contributed by atoms with Gasteiger partial charge in [0.1, 0.15) is 0 Å². The van der Waals surface area contributed by atoms with Crippen LogP contribution in [0.25, 0.3) is 0 Å². The quantitative estimate of drug-likeness (QED) is 0.813. The normalized spacial score (nSPS) is 24.5. The lowest BCUT2D eigenvalue weighted by molar-refractivity contribution is -0.187. The molecule has 1 aliphatic heterocycles. The van der Waals surface area contributed by atoms with Crippen LogP contribution in [-0.2, 0) is 16.0 Å². The minimum atomic E-state index is -0.208. The molecule has 3 nitrogen and oxygen atoms in total. The number of ether oxygens (including phenoxy) is 2. The summed E-state index contributed by atoms with van der Waals surface area (Å²) in [5.74, 6) is 0.566.